The van der Waals surface area contributed by atoms with Gasteiger partial charge in [0.05, 0.1) is 16.1 Å². The summed E-state index contributed by atoms with van der Waals surface area (Å²) >= 11 is 0. The Morgan fingerprint density at radius 2 is 1.68 bits per heavy atom. The number of hydrogen-bond acceptors (Lipinski definition) is 3. The molecule has 5 nitrogen and oxygen atoms in total. The van der Waals surface area contributed by atoms with Crippen molar-refractivity contribution in [1.82, 2.24) is 0 Å². The molecule has 3 aromatic rings. The number of alkyl halides is 3. The predicted molar refractivity (Wildman–Crippen MR) is 137 cm³/mol. The molecule has 0 amide bonds. The highest BCUT2D eigenvalue weighted by atomic mass is 32.2. The summed E-state index contributed by atoms with van der Waals surface area (Å²) in [6, 6.07) is 15.8. The van der Waals surface area contributed by atoms with Crippen LogP contribution in [0.5, 0.6) is 5.75 Å². The minimum atomic E-state index is -4.39. The first-order valence-corrected chi connectivity index (χ1v) is 12.8. The Morgan fingerprint density at radius 1 is 1.03 bits per heavy atom. The maximum absolute atomic E-state index is 13.7. The minimum Gasteiger partial charge on any atom is -0.482 e. The summed E-state index contributed by atoms with van der Waals surface area (Å²) in [7, 11) is -1.53. The molecule has 0 aromatic heterocycles. The molecule has 3 aromatic carbocycles. The first-order chi connectivity index (χ1) is 17.3. The third-order valence-electron chi connectivity index (χ3n) is 6.51. The lowest BCUT2D eigenvalue weighted by Gasteiger charge is -2.28. The van der Waals surface area contributed by atoms with Crippen molar-refractivity contribution in [2.75, 3.05) is 17.5 Å². The van der Waals surface area contributed by atoms with Crippen molar-refractivity contribution in [3.63, 3.8) is 0 Å². The number of aliphatic carboxylic acids is 1. The number of benzene rings is 3. The standard InChI is InChI=1S/C28H28F3NO4S/c1-17-13-21(10-12-25(17)36-16-26(33)34)37(35)32-15-23(27(2,3)4)22-14-19(7-11-24(22)32)18-5-8-20(9-6-18)28(29,30)31/h5-14,23H,15-16H2,1-4H3,(H,33,34). The predicted octanol–water partition coefficient (Wildman–Crippen LogP) is 6.82. The monoisotopic (exact) mass is 531 g/mol. The van der Waals surface area contributed by atoms with Crippen LogP contribution in [0.4, 0.5) is 18.9 Å². The topological polar surface area (TPSA) is 66.8 Å². The SMILES string of the molecule is Cc1cc(S(=O)N2CC(C(C)(C)C)c3cc(-c4ccc(C(F)(F)F)cc4)ccc32)ccc1OCC(=O)O. The number of carboxylic acid groups (broad SMARTS) is 1. The van der Waals surface area contributed by atoms with Crippen molar-refractivity contribution in [1.29, 1.82) is 0 Å². The van der Waals surface area contributed by atoms with E-state index in [1.165, 1.54) is 12.1 Å². The molecule has 0 spiro atoms. The molecule has 4 rings (SSSR count). The van der Waals surface area contributed by atoms with Gasteiger partial charge in [-0.25, -0.2) is 9.00 Å². The molecular formula is C28H28F3NO4S. The van der Waals surface area contributed by atoms with Gasteiger partial charge < -0.3 is 9.84 Å². The van der Waals surface area contributed by atoms with Crippen molar-refractivity contribution in [2.24, 2.45) is 5.41 Å². The van der Waals surface area contributed by atoms with Gasteiger partial charge in [0.1, 0.15) is 5.75 Å². The van der Waals surface area contributed by atoms with Gasteiger partial charge in [0.25, 0.3) is 0 Å². The molecule has 0 aliphatic carbocycles. The lowest BCUT2D eigenvalue weighted by Crippen LogP contribution is -2.28. The Kier molecular flexibility index (Phi) is 7.12. The van der Waals surface area contributed by atoms with Crippen LogP contribution in [-0.4, -0.2) is 28.4 Å². The van der Waals surface area contributed by atoms with Crippen LogP contribution < -0.4 is 9.04 Å². The molecule has 0 saturated heterocycles. The quantitative estimate of drug-likeness (QED) is 0.379. The highest BCUT2D eigenvalue weighted by Gasteiger charge is 2.39. The Balaban J connectivity index is 1.67. The number of nitrogens with zero attached hydrogens (tertiary/aromatic N) is 1. The molecule has 0 saturated carbocycles. The second kappa shape index (κ2) is 9.85. The number of fused-ring (bicyclic) bond motifs is 1. The van der Waals surface area contributed by atoms with Crippen LogP contribution in [0.1, 0.15) is 43.4 Å². The van der Waals surface area contributed by atoms with Crippen molar-refractivity contribution in [2.45, 2.75) is 44.7 Å². The molecule has 1 heterocycles. The van der Waals surface area contributed by atoms with E-state index in [0.29, 0.717) is 28.3 Å². The molecule has 0 fully saturated rings. The summed E-state index contributed by atoms with van der Waals surface area (Å²) < 4.78 is 59.8. The molecule has 37 heavy (non-hydrogen) atoms. The second-order valence-electron chi connectivity index (χ2n) is 10.2. The first-order valence-electron chi connectivity index (χ1n) is 11.7. The summed E-state index contributed by atoms with van der Waals surface area (Å²) in [4.78, 5) is 11.4. The number of rotatable bonds is 6. The van der Waals surface area contributed by atoms with Gasteiger partial charge in [0.2, 0.25) is 0 Å². The number of hydrogen-bond donors (Lipinski definition) is 1. The Hall–Kier alpha value is -3.33. The molecule has 1 aliphatic rings. The van der Waals surface area contributed by atoms with Crippen molar-refractivity contribution < 1.29 is 32.0 Å². The average molecular weight is 532 g/mol. The highest BCUT2D eigenvalue weighted by molar-refractivity contribution is 7.86. The molecule has 1 aliphatic heterocycles. The van der Waals surface area contributed by atoms with Crippen LogP contribution >= 0.6 is 0 Å². The summed E-state index contributed by atoms with van der Waals surface area (Å²) in [5, 5.41) is 8.85. The fraction of sp³-hybridized carbons (Fsp3) is 0.321. The molecule has 1 N–H and O–H groups in total. The zero-order valence-electron chi connectivity index (χ0n) is 20.9. The zero-order valence-corrected chi connectivity index (χ0v) is 21.7. The van der Waals surface area contributed by atoms with Crippen LogP contribution in [0, 0.1) is 12.3 Å². The third-order valence-corrected chi connectivity index (χ3v) is 7.91. The number of anilines is 1. The minimum absolute atomic E-state index is 0.0418. The number of halogens is 3. The van der Waals surface area contributed by atoms with Crippen LogP contribution in [0.3, 0.4) is 0 Å². The average Bonchev–Trinajstić information content (AvgIpc) is 3.21. The van der Waals surface area contributed by atoms with Crippen LogP contribution in [0.25, 0.3) is 11.1 Å². The largest absolute Gasteiger partial charge is 0.482 e. The Labute approximate surface area is 216 Å². The van der Waals surface area contributed by atoms with Gasteiger partial charge in [-0.1, -0.05) is 39.0 Å². The van der Waals surface area contributed by atoms with Crippen LogP contribution in [-0.2, 0) is 22.0 Å². The van der Waals surface area contributed by atoms with Crippen LogP contribution in [0.15, 0.2) is 65.6 Å². The molecule has 9 heteroatoms. The maximum Gasteiger partial charge on any atom is 0.416 e. The van der Waals surface area contributed by atoms with Crippen LogP contribution in [0.2, 0.25) is 0 Å². The van der Waals surface area contributed by atoms with Gasteiger partial charge in [-0.15, -0.1) is 0 Å². The molecular weight excluding hydrogens is 503 g/mol. The number of aryl methyl sites for hydroxylation is 1. The van der Waals surface area contributed by atoms with Gasteiger partial charge in [-0.3, -0.25) is 4.31 Å². The fourth-order valence-corrected chi connectivity index (χ4v) is 5.86. The van der Waals surface area contributed by atoms with E-state index in [9.17, 15) is 22.2 Å². The van der Waals surface area contributed by atoms with Gasteiger partial charge in [-0.2, -0.15) is 13.2 Å². The normalized spacial score (nSPS) is 16.4. The van der Waals surface area contributed by atoms with E-state index in [4.69, 9.17) is 9.84 Å². The molecule has 2 unspecified atom stereocenters. The molecule has 0 radical (unpaired) electrons. The Morgan fingerprint density at radius 3 is 2.24 bits per heavy atom. The summed E-state index contributed by atoms with van der Waals surface area (Å²) in [5.41, 5.74) is 3.12. The van der Waals surface area contributed by atoms with E-state index < -0.39 is 35.3 Å². The fourth-order valence-electron chi connectivity index (χ4n) is 4.51. The molecule has 2 atom stereocenters. The third kappa shape index (κ3) is 5.66. The lowest BCUT2D eigenvalue weighted by molar-refractivity contribution is -0.139. The number of carboxylic acids is 1. The first kappa shape index (κ1) is 26.7. The van der Waals surface area contributed by atoms with Crippen molar-refractivity contribution in [3.05, 3.63) is 77.4 Å². The Bertz CT molecular complexity index is 1350. The van der Waals surface area contributed by atoms with Gasteiger partial charge >= 0.3 is 12.1 Å². The molecule has 0 bridgehead atoms. The van der Waals surface area contributed by atoms with E-state index in [1.807, 2.05) is 22.5 Å². The summed E-state index contributed by atoms with van der Waals surface area (Å²) in [6.45, 7) is 8.14. The number of ether oxygens (including phenoxy) is 1. The smallest absolute Gasteiger partial charge is 0.416 e. The van der Waals surface area contributed by atoms with E-state index in [0.717, 1.165) is 28.9 Å². The second-order valence-corrected chi connectivity index (χ2v) is 11.6. The van der Waals surface area contributed by atoms with Gasteiger partial charge in [0, 0.05) is 12.5 Å². The molecule has 196 valence electrons. The summed E-state index contributed by atoms with van der Waals surface area (Å²) in [5.74, 6) is -0.622. The van der Waals surface area contributed by atoms with Gasteiger partial charge in [-0.05, 0) is 77.1 Å². The highest BCUT2D eigenvalue weighted by Crippen LogP contribution is 2.48. The van der Waals surface area contributed by atoms with Crippen molar-refractivity contribution in [3.8, 4) is 16.9 Å². The van der Waals surface area contributed by atoms with E-state index in [1.54, 1.807) is 25.1 Å². The van der Waals surface area contributed by atoms with E-state index >= 15 is 0 Å². The summed E-state index contributed by atoms with van der Waals surface area (Å²) in [6.07, 6.45) is -4.39. The zero-order chi connectivity index (χ0) is 27.1. The van der Waals surface area contributed by atoms with E-state index in [2.05, 4.69) is 20.8 Å². The number of carbonyl (C=O) groups is 1. The maximum atomic E-state index is 13.7. The van der Waals surface area contributed by atoms with Crippen molar-refractivity contribution >= 4 is 22.6 Å². The lowest BCUT2D eigenvalue weighted by atomic mass is 9.77. The van der Waals surface area contributed by atoms with Gasteiger partial charge in [0.15, 0.2) is 17.6 Å². The van der Waals surface area contributed by atoms with E-state index in [-0.39, 0.29) is 11.3 Å².